The number of carbonyl (C=O) groups is 1. The molecule has 6 nitrogen and oxygen atoms in total. The van der Waals surface area contributed by atoms with Crippen LogP contribution in [0.5, 0.6) is 0 Å². The van der Waals surface area contributed by atoms with Crippen LogP contribution in [0.3, 0.4) is 0 Å². The van der Waals surface area contributed by atoms with Gasteiger partial charge in [0.2, 0.25) is 5.91 Å². The van der Waals surface area contributed by atoms with Gasteiger partial charge in [-0.05, 0) is 30.9 Å². The molecule has 4 heterocycles. The zero-order chi connectivity index (χ0) is 15.8. The number of nitrogens with zero attached hydrogens (tertiary/aromatic N) is 4. The Labute approximate surface area is 135 Å². The summed E-state index contributed by atoms with van der Waals surface area (Å²) in [5.74, 6) is 1.51. The maximum Gasteiger partial charge on any atom is 0.232 e. The molecule has 0 spiro atoms. The molecular formula is C17H21N5O. The number of pyridine rings is 1. The molecule has 1 amide bonds. The molecule has 2 aromatic heterocycles. The summed E-state index contributed by atoms with van der Waals surface area (Å²) < 4.78 is 0. The number of aromatic nitrogens is 3. The fraction of sp³-hybridized carbons (Fsp3) is 0.471. The minimum atomic E-state index is 0.0119. The van der Waals surface area contributed by atoms with Gasteiger partial charge in [0.15, 0.2) is 0 Å². The summed E-state index contributed by atoms with van der Waals surface area (Å²) in [4.78, 5) is 21.6. The van der Waals surface area contributed by atoms with Crippen LogP contribution in [0.4, 0.5) is 11.5 Å². The van der Waals surface area contributed by atoms with Crippen LogP contribution >= 0.6 is 0 Å². The molecule has 1 saturated heterocycles. The van der Waals surface area contributed by atoms with Crippen molar-refractivity contribution in [2.45, 2.75) is 19.8 Å². The van der Waals surface area contributed by atoms with Crippen molar-refractivity contribution >= 4 is 17.4 Å². The number of anilines is 2. The van der Waals surface area contributed by atoms with Gasteiger partial charge >= 0.3 is 0 Å². The number of nitrogens with one attached hydrogen (secondary N) is 1. The van der Waals surface area contributed by atoms with E-state index in [1.807, 2.05) is 23.1 Å². The van der Waals surface area contributed by atoms with Crippen LogP contribution in [0, 0.1) is 11.8 Å². The molecule has 120 valence electrons. The number of aryl methyl sites for hydroxylation is 1. The third-order valence-corrected chi connectivity index (χ3v) is 4.96. The van der Waals surface area contributed by atoms with Gasteiger partial charge in [0.05, 0.1) is 23.5 Å². The summed E-state index contributed by atoms with van der Waals surface area (Å²) >= 11 is 0. The molecule has 0 aliphatic carbocycles. The SMILES string of the molecule is C[C@@H]1CN(c2ccccn2)C[C@H]1C(=O)N1CCCc2[nH]ncc21. The molecule has 2 aromatic rings. The summed E-state index contributed by atoms with van der Waals surface area (Å²) in [6, 6.07) is 5.92. The van der Waals surface area contributed by atoms with Crippen molar-refractivity contribution in [1.82, 2.24) is 15.2 Å². The van der Waals surface area contributed by atoms with Crippen molar-refractivity contribution in [2.24, 2.45) is 11.8 Å². The second-order valence-electron chi connectivity index (χ2n) is 6.50. The lowest BCUT2D eigenvalue weighted by Crippen LogP contribution is -2.41. The van der Waals surface area contributed by atoms with E-state index < -0.39 is 0 Å². The first-order valence-electron chi connectivity index (χ1n) is 8.23. The normalized spacial score (nSPS) is 23.9. The zero-order valence-corrected chi connectivity index (χ0v) is 13.3. The standard InChI is InChI=1S/C17H21N5O/c1-12-10-21(16-6-2-3-7-18-16)11-13(12)17(23)22-8-4-5-14-15(22)9-19-20-14/h2-3,6-7,9,12-13H,4-5,8,10-11H2,1H3,(H,19,20)/t12-,13-/m1/s1. The van der Waals surface area contributed by atoms with Gasteiger partial charge in [-0.2, -0.15) is 5.10 Å². The predicted octanol–water partition coefficient (Wildman–Crippen LogP) is 1.86. The summed E-state index contributed by atoms with van der Waals surface area (Å²) in [5.41, 5.74) is 2.04. The Balaban J connectivity index is 1.54. The number of amides is 1. The maximum absolute atomic E-state index is 13.1. The van der Waals surface area contributed by atoms with Crippen molar-refractivity contribution in [1.29, 1.82) is 0 Å². The number of hydrogen-bond donors (Lipinski definition) is 1. The highest BCUT2D eigenvalue weighted by molar-refractivity contribution is 5.96. The first kappa shape index (κ1) is 14.2. The molecule has 1 fully saturated rings. The fourth-order valence-corrected chi connectivity index (χ4v) is 3.70. The lowest BCUT2D eigenvalue weighted by Gasteiger charge is -2.29. The zero-order valence-electron chi connectivity index (χ0n) is 13.3. The first-order valence-corrected chi connectivity index (χ1v) is 8.23. The highest BCUT2D eigenvalue weighted by Crippen LogP contribution is 2.32. The fourth-order valence-electron chi connectivity index (χ4n) is 3.70. The molecule has 0 saturated carbocycles. The average Bonchev–Trinajstić information content (AvgIpc) is 3.21. The molecule has 0 aromatic carbocycles. The van der Waals surface area contributed by atoms with Gasteiger partial charge in [-0.1, -0.05) is 13.0 Å². The van der Waals surface area contributed by atoms with Crippen molar-refractivity contribution < 1.29 is 4.79 Å². The lowest BCUT2D eigenvalue weighted by molar-refractivity contribution is -0.122. The first-order chi connectivity index (χ1) is 11.2. The van der Waals surface area contributed by atoms with E-state index in [9.17, 15) is 4.79 Å². The number of H-pyrrole nitrogens is 1. The van der Waals surface area contributed by atoms with Gasteiger partial charge in [0.25, 0.3) is 0 Å². The molecule has 4 rings (SSSR count). The van der Waals surface area contributed by atoms with Crippen LogP contribution in [0.2, 0.25) is 0 Å². The second kappa shape index (κ2) is 5.68. The maximum atomic E-state index is 13.1. The van der Waals surface area contributed by atoms with Crippen LogP contribution in [0.15, 0.2) is 30.6 Å². The van der Waals surface area contributed by atoms with E-state index in [1.54, 1.807) is 12.4 Å². The van der Waals surface area contributed by atoms with Gasteiger partial charge in [-0.25, -0.2) is 4.98 Å². The van der Waals surface area contributed by atoms with E-state index in [4.69, 9.17) is 0 Å². The molecular weight excluding hydrogens is 290 g/mol. The number of rotatable bonds is 2. The third kappa shape index (κ3) is 2.48. The Morgan fingerprint density at radius 1 is 1.35 bits per heavy atom. The topological polar surface area (TPSA) is 65.1 Å². The van der Waals surface area contributed by atoms with Gasteiger partial charge in [-0.3, -0.25) is 9.89 Å². The van der Waals surface area contributed by atoms with Crippen LogP contribution in [0.1, 0.15) is 19.0 Å². The molecule has 6 heteroatoms. The summed E-state index contributed by atoms with van der Waals surface area (Å²) in [6.07, 6.45) is 5.55. The van der Waals surface area contributed by atoms with Crippen LogP contribution in [-0.2, 0) is 11.2 Å². The summed E-state index contributed by atoms with van der Waals surface area (Å²) in [7, 11) is 0. The van der Waals surface area contributed by atoms with E-state index in [0.29, 0.717) is 5.92 Å². The quantitative estimate of drug-likeness (QED) is 0.919. The molecule has 2 aliphatic heterocycles. The van der Waals surface area contributed by atoms with Crippen molar-refractivity contribution in [3.63, 3.8) is 0 Å². The Kier molecular flexibility index (Phi) is 3.52. The van der Waals surface area contributed by atoms with Crippen LogP contribution < -0.4 is 9.80 Å². The van der Waals surface area contributed by atoms with E-state index in [1.165, 1.54) is 0 Å². The highest BCUT2D eigenvalue weighted by Gasteiger charge is 2.39. The smallest absolute Gasteiger partial charge is 0.232 e. The van der Waals surface area contributed by atoms with Crippen LogP contribution in [-0.4, -0.2) is 40.7 Å². The van der Waals surface area contributed by atoms with Gasteiger partial charge in [0.1, 0.15) is 5.82 Å². The molecule has 0 radical (unpaired) electrons. The Hall–Kier alpha value is -2.37. The third-order valence-electron chi connectivity index (χ3n) is 4.96. The molecule has 23 heavy (non-hydrogen) atoms. The van der Waals surface area contributed by atoms with Crippen molar-refractivity contribution in [3.05, 3.63) is 36.3 Å². The van der Waals surface area contributed by atoms with Gasteiger partial charge in [-0.15, -0.1) is 0 Å². The van der Waals surface area contributed by atoms with Crippen LogP contribution in [0.25, 0.3) is 0 Å². The Bertz CT molecular complexity index is 698. The largest absolute Gasteiger partial charge is 0.356 e. The van der Waals surface area contributed by atoms with Gasteiger partial charge < -0.3 is 9.80 Å². The average molecular weight is 311 g/mol. The summed E-state index contributed by atoms with van der Waals surface area (Å²) in [5, 5.41) is 7.12. The van der Waals surface area contributed by atoms with Crippen molar-refractivity contribution in [3.8, 4) is 0 Å². The number of carbonyl (C=O) groups excluding carboxylic acids is 1. The van der Waals surface area contributed by atoms with E-state index >= 15 is 0 Å². The monoisotopic (exact) mass is 311 g/mol. The van der Waals surface area contributed by atoms with Gasteiger partial charge in [0, 0.05) is 25.8 Å². The number of hydrogen-bond acceptors (Lipinski definition) is 4. The molecule has 0 unspecified atom stereocenters. The Morgan fingerprint density at radius 3 is 3.09 bits per heavy atom. The molecule has 2 aliphatic rings. The minimum absolute atomic E-state index is 0.0119. The second-order valence-corrected chi connectivity index (χ2v) is 6.50. The van der Waals surface area contributed by atoms with E-state index in [2.05, 4.69) is 27.0 Å². The molecule has 1 N–H and O–H groups in total. The highest BCUT2D eigenvalue weighted by atomic mass is 16.2. The minimum Gasteiger partial charge on any atom is -0.356 e. The lowest BCUT2D eigenvalue weighted by atomic mass is 9.95. The molecule has 0 bridgehead atoms. The number of aromatic amines is 1. The van der Waals surface area contributed by atoms with Crippen molar-refractivity contribution in [2.75, 3.05) is 29.4 Å². The summed E-state index contributed by atoms with van der Waals surface area (Å²) in [6.45, 7) is 4.56. The van der Waals surface area contributed by atoms with E-state index in [0.717, 1.165) is 49.7 Å². The number of fused-ring (bicyclic) bond motifs is 1. The predicted molar refractivity (Wildman–Crippen MR) is 88.4 cm³/mol. The Morgan fingerprint density at radius 2 is 2.26 bits per heavy atom. The van der Waals surface area contributed by atoms with E-state index in [-0.39, 0.29) is 11.8 Å². The molecule has 2 atom stereocenters.